The molecule has 3 aromatic carbocycles. The minimum absolute atomic E-state index is 0.294. The molecular formula is C25H25BrN2O2S. The third kappa shape index (κ3) is 4.02. The van der Waals surface area contributed by atoms with Gasteiger partial charge in [0.2, 0.25) is 0 Å². The molecular weight excluding hydrogens is 472 g/mol. The largest absolute Gasteiger partial charge is 0.330 e. The highest BCUT2D eigenvalue weighted by atomic mass is 79.9. The zero-order valence-electron chi connectivity index (χ0n) is 17.8. The number of hydrogen-bond donors (Lipinski definition) is 0. The number of sulfonamides is 1. The summed E-state index contributed by atoms with van der Waals surface area (Å²) in [6.45, 7) is 3.98. The lowest BCUT2D eigenvalue weighted by atomic mass is 9.95. The Morgan fingerprint density at radius 2 is 1.68 bits per heavy atom. The fraction of sp³-hybridized carbons (Fsp3) is 0.200. The second kappa shape index (κ2) is 8.52. The lowest BCUT2D eigenvalue weighted by molar-refractivity contribution is 0.364. The highest BCUT2D eigenvalue weighted by Crippen LogP contribution is 2.42. The molecule has 1 aliphatic heterocycles. The quantitative estimate of drug-likeness (QED) is 0.413. The van der Waals surface area contributed by atoms with Gasteiger partial charge < -0.3 is 4.90 Å². The second-order valence-corrected chi connectivity index (χ2v) is 10.4. The molecule has 4 rings (SSSR count). The Bertz CT molecular complexity index is 1220. The summed E-state index contributed by atoms with van der Waals surface area (Å²) in [5, 5.41) is 0. The molecule has 1 unspecified atom stereocenters. The van der Waals surface area contributed by atoms with Crippen LogP contribution in [0.5, 0.6) is 0 Å². The Morgan fingerprint density at radius 1 is 1.00 bits per heavy atom. The van der Waals surface area contributed by atoms with E-state index in [0.29, 0.717) is 17.1 Å². The molecule has 0 aliphatic carbocycles. The van der Waals surface area contributed by atoms with Gasteiger partial charge >= 0.3 is 0 Å². The van der Waals surface area contributed by atoms with E-state index in [1.807, 2.05) is 92.5 Å². The molecule has 0 spiro atoms. The van der Waals surface area contributed by atoms with E-state index >= 15 is 0 Å². The molecule has 0 aromatic heterocycles. The molecule has 1 aliphatic rings. The number of hydrogen-bond acceptors (Lipinski definition) is 3. The minimum atomic E-state index is -3.79. The summed E-state index contributed by atoms with van der Waals surface area (Å²) < 4.78 is 30.4. The van der Waals surface area contributed by atoms with Crippen molar-refractivity contribution in [2.45, 2.75) is 31.2 Å². The number of fused-ring (bicyclic) bond motifs is 1. The van der Waals surface area contributed by atoms with Crippen LogP contribution < -0.4 is 4.90 Å². The van der Waals surface area contributed by atoms with Crippen LogP contribution in [0.25, 0.3) is 6.08 Å². The van der Waals surface area contributed by atoms with Crippen LogP contribution in [-0.2, 0) is 10.0 Å². The minimum Gasteiger partial charge on any atom is -0.330 e. The topological polar surface area (TPSA) is 40.6 Å². The Labute approximate surface area is 193 Å². The van der Waals surface area contributed by atoms with Crippen LogP contribution in [0.4, 0.5) is 5.69 Å². The van der Waals surface area contributed by atoms with Gasteiger partial charge in [-0.3, -0.25) is 0 Å². The molecule has 0 bridgehead atoms. The maximum Gasteiger partial charge on any atom is 0.266 e. The molecule has 6 heteroatoms. The Morgan fingerprint density at radius 3 is 2.32 bits per heavy atom. The van der Waals surface area contributed by atoms with Crippen LogP contribution in [0.15, 0.2) is 88.0 Å². The van der Waals surface area contributed by atoms with Gasteiger partial charge in [0, 0.05) is 17.2 Å². The number of halogens is 1. The van der Waals surface area contributed by atoms with Crippen LogP contribution in [0.3, 0.4) is 0 Å². The van der Waals surface area contributed by atoms with E-state index in [4.69, 9.17) is 0 Å². The molecule has 160 valence electrons. The van der Waals surface area contributed by atoms with Gasteiger partial charge in [-0.25, -0.2) is 12.7 Å². The van der Waals surface area contributed by atoms with Crippen LogP contribution in [0.2, 0.25) is 0 Å². The van der Waals surface area contributed by atoms with Crippen LogP contribution in [0.1, 0.15) is 36.1 Å². The number of benzene rings is 3. The van der Waals surface area contributed by atoms with Gasteiger partial charge in [0.15, 0.2) is 0 Å². The van der Waals surface area contributed by atoms with Crippen molar-refractivity contribution < 1.29 is 8.42 Å². The molecule has 0 fully saturated rings. The molecule has 0 radical (unpaired) electrons. The lowest BCUT2D eigenvalue weighted by Crippen LogP contribution is -2.42. The van der Waals surface area contributed by atoms with Gasteiger partial charge in [-0.1, -0.05) is 64.8 Å². The van der Waals surface area contributed by atoms with Crippen LogP contribution in [-0.4, -0.2) is 19.8 Å². The maximum absolute atomic E-state index is 14.0. The third-order valence-corrected chi connectivity index (χ3v) is 7.97. The van der Waals surface area contributed by atoms with E-state index in [0.717, 1.165) is 26.9 Å². The maximum atomic E-state index is 14.0. The number of anilines is 1. The molecule has 31 heavy (non-hydrogen) atoms. The molecule has 1 atom stereocenters. The van der Waals surface area contributed by atoms with Crippen molar-refractivity contribution in [2.75, 3.05) is 11.9 Å². The molecule has 3 aromatic rings. The fourth-order valence-electron chi connectivity index (χ4n) is 3.98. The van der Waals surface area contributed by atoms with Gasteiger partial charge in [-0.15, -0.1) is 0 Å². The molecule has 0 amide bonds. The normalized spacial score (nSPS) is 15.9. The van der Waals surface area contributed by atoms with Crippen LogP contribution in [0, 0.1) is 6.92 Å². The number of rotatable bonds is 5. The van der Waals surface area contributed by atoms with Gasteiger partial charge in [0.25, 0.3) is 10.0 Å². The third-order valence-electron chi connectivity index (χ3n) is 5.65. The summed E-state index contributed by atoms with van der Waals surface area (Å²) in [5.74, 6) is 0.633. The first-order valence-corrected chi connectivity index (χ1v) is 12.5. The van der Waals surface area contributed by atoms with Crippen molar-refractivity contribution in [3.05, 3.63) is 99.8 Å². The Balaban J connectivity index is 1.93. The summed E-state index contributed by atoms with van der Waals surface area (Å²) in [5.41, 5.74) is 3.98. The Kier molecular flexibility index (Phi) is 5.95. The number of aryl methyl sites for hydroxylation is 1. The molecule has 0 saturated carbocycles. The van der Waals surface area contributed by atoms with Crippen molar-refractivity contribution in [1.82, 2.24) is 4.31 Å². The monoisotopic (exact) mass is 496 g/mol. The lowest BCUT2D eigenvalue weighted by Gasteiger charge is -2.41. The SMILES string of the molecule is CCC1c2cc(Br)ccc2C=C(N(C)c2ccccc2)N1S(=O)(=O)c1ccc(C)cc1. The van der Waals surface area contributed by atoms with Crippen molar-refractivity contribution in [3.63, 3.8) is 0 Å². The molecule has 0 N–H and O–H groups in total. The summed E-state index contributed by atoms with van der Waals surface area (Å²) in [6, 6.07) is 22.6. The van der Waals surface area contributed by atoms with E-state index < -0.39 is 10.0 Å². The molecule has 0 saturated heterocycles. The van der Waals surface area contributed by atoms with E-state index in [1.54, 1.807) is 16.4 Å². The molecule has 1 heterocycles. The van der Waals surface area contributed by atoms with Crippen molar-refractivity contribution >= 4 is 37.7 Å². The van der Waals surface area contributed by atoms with E-state index in [9.17, 15) is 8.42 Å². The summed E-state index contributed by atoms with van der Waals surface area (Å²) in [4.78, 5) is 2.24. The van der Waals surface area contributed by atoms with Gasteiger partial charge in [-0.05, 0) is 66.9 Å². The van der Waals surface area contributed by atoms with E-state index in [1.165, 1.54) is 0 Å². The summed E-state index contributed by atoms with van der Waals surface area (Å²) >= 11 is 3.55. The standard InChI is InChI=1S/C25H25BrN2O2S/c1-4-24-23-17-20(26)13-12-19(23)16-25(27(3)21-8-6-5-7-9-21)28(24)31(29,30)22-14-10-18(2)11-15-22/h5-17,24H,4H2,1-3H3. The van der Waals surface area contributed by atoms with E-state index in [-0.39, 0.29) is 6.04 Å². The number of para-hydroxylation sites is 1. The zero-order chi connectivity index (χ0) is 22.2. The average molecular weight is 497 g/mol. The first-order valence-electron chi connectivity index (χ1n) is 10.2. The number of nitrogens with zero attached hydrogens (tertiary/aromatic N) is 2. The fourth-order valence-corrected chi connectivity index (χ4v) is 6.09. The van der Waals surface area contributed by atoms with Crippen molar-refractivity contribution in [3.8, 4) is 0 Å². The Hall–Kier alpha value is -2.57. The highest BCUT2D eigenvalue weighted by molar-refractivity contribution is 9.10. The predicted octanol–water partition coefficient (Wildman–Crippen LogP) is 6.35. The van der Waals surface area contributed by atoms with Crippen molar-refractivity contribution in [1.29, 1.82) is 0 Å². The van der Waals surface area contributed by atoms with Crippen molar-refractivity contribution in [2.24, 2.45) is 0 Å². The van der Waals surface area contributed by atoms with Gasteiger partial charge in [-0.2, -0.15) is 0 Å². The molecule has 4 nitrogen and oxygen atoms in total. The predicted molar refractivity (Wildman–Crippen MR) is 130 cm³/mol. The van der Waals surface area contributed by atoms with Gasteiger partial charge in [0.05, 0.1) is 10.9 Å². The first kappa shape index (κ1) is 21.7. The smallest absolute Gasteiger partial charge is 0.266 e. The summed E-state index contributed by atoms with van der Waals surface area (Å²) in [6.07, 6.45) is 2.61. The zero-order valence-corrected chi connectivity index (χ0v) is 20.2. The average Bonchev–Trinajstić information content (AvgIpc) is 2.78. The van der Waals surface area contributed by atoms with Crippen LogP contribution >= 0.6 is 15.9 Å². The summed E-state index contributed by atoms with van der Waals surface area (Å²) in [7, 11) is -1.88. The van der Waals surface area contributed by atoms with Gasteiger partial charge in [0.1, 0.15) is 5.82 Å². The highest BCUT2D eigenvalue weighted by Gasteiger charge is 2.38. The first-order chi connectivity index (χ1) is 14.8. The second-order valence-electron chi connectivity index (χ2n) is 7.71. The van der Waals surface area contributed by atoms with E-state index in [2.05, 4.69) is 15.9 Å².